The molecular weight excluding hydrogens is 453 g/mol. The Kier molecular flexibility index (Phi) is 7.93. The summed E-state index contributed by atoms with van der Waals surface area (Å²) in [7, 11) is 0. The van der Waals surface area contributed by atoms with E-state index in [9.17, 15) is 13.2 Å². The Morgan fingerprint density at radius 2 is 1.79 bits per heavy atom. The summed E-state index contributed by atoms with van der Waals surface area (Å²) < 4.78 is 52.2. The van der Waals surface area contributed by atoms with Gasteiger partial charge in [-0.25, -0.2) is 0 Å². The minimum atomic E-state index is -4.66. The standard InChI is InChI=1S/C24H27F3N2O3S/c25-24(26,27)32-20-7-9-21(10-8-20)33-16-4-11-28-12-14-29(15-13-28)23-18-30-22(17-31-23)19-5-2-1-3-6-19/h1-2,5,7-10,17-18H,3-4,6,11-16H2. The lowest BCUT2D eigenvalue weighted by atomic mass is 10.0. The summed E-state index contributed by atoms with van der Waals surface area (Å²) in [5.41, 5.74) is 1.15. The lowest BCUT2D eigenvalue weighted by Gasteiger charge is -2.36. The minimum Gasteiger partial charge on any atom is -0.456 e. The third-order valence-corrected chi connectivity index (χ3v) is 6.63. The molecule has 0 bridgehead atoms. The van der Waals surface area contributed by atoms with Gasteiger partial charge < -0.3 is 19.1 Å². The SMILES string of the molecule is FC(F)(F)Oc1ccc(SCCCN2CCN(C3=COC(C4=CC=CCC4)=CO3)CC2)cc1. The highest BCUT2D eigenvalue weighted by Crippen LogP contribution is 2.28. The summed E-state index contributed by atoms with van der Waals surface area (Å²) in [6.07, 6.45) is 7.98. The number of ether oxygens (including phenoxy) is 3. The molecule has 0 amide bonds. The smallest absolute Gasteiger partial charge is 0.456 e. The Bertz CT molecular complexity index is 918. The van der Waals surface area contributed by atoms with Gasteiger partial charge in [0.05, 0.1) is 0 Å². The summed E-state index contributed by atoms with van der Waals surface area (Å²) >= 11 is 1.64. The molecule has 33 heavy (non-hydrogen) atoms. The fourth-order valence-electron chi connectivity index (χ4n) is 3.80. The zero-order valence-corrected chi connectivity index (χ0v) is 19.0. The lowest BCUT2D eigenvalue weighted by Crippen LogP contribution is -2.46. The molecule has 1 aliphatic carbocycles. The van der Waals surface area contributed by atoms with Crippen molar-refractivity contribution in [2.75, 3.05) is 38.5 Å². The summed E-state index contributed by atoms with van der Waals surface area (Å²) in [5.74, 6) is 2.24. The highest BCUT2D eigenvalue weighted by atomic mass is 32.2. The number of allylic oxidation sites excluding steroid dienone is 4. The molecule has 1 fully saturated rings. The third kappa shape index (κ3) is 7.23. The van der Waals surface area contributed by atoms with Crippen molar-refractivity contribution in [1.82, 2.24) is 9.80 Å². The van der Waals surface area contributed by atoms with E-state index in [2.05, 4.69) is 26.7 Å². The maximum absolute atomic E-state index is 12.2. The van der Waals surface area contributed by atoms with Gasteiger partial charge in [-0.15, -0.1) is 24.9 Å². The fraction of sp³-hybridized carbons (Fsp3) is 0.417. The van der Waals surface area contributed by atoms with Crippen LogP contribution in [0.2, 0.25) is 0 Å². The van der Waals surface area contributed by atoms with E-state index in [1.54, 1.807) is 36.4 Å². The van der Waals surface area contributed by atoms with E-state index < -0.39 is 6.36 Å². The molecule has 5 nitrogen and oxygen atoms in total. The Balaban J connectivity index is 1.12. The Labute approximate surface area is 196 Å². The largest absolute Gasteiger partial charge is 0.573 e. The van der Waals surface area contributed by atoms with Gasteiger partial charge in [-0.1, -0.05) is 18.2 Å². The number of benzene rings is 1. The molecule has 4 rings (SSSR count). The van der Waals surface area contributed by atoms with Crippen molar-refractivity contribution in [3.05, 3.63) is 72.2 Å². The lowest BCUT2D eigenvalue weighted by molar-refractivity contribution is -0.274. The number of alkyl halides is 3. The van der Waals surface area contributed by atoms with Crippen molar-refractivity contribution in [2.45, 2.75) is 30.5 Å². The van der Waals surface area contributed by atoms with E-state index in [1.807, 2.05) is 6.08 Å². The van der Waals surface area contributed by atoms with E-state index in [4.69, 9.17) is 9.47 Å². The van der Waals surface area contributed by atoms with Gasteiger partial charge in [0, 0.05) is 31.1 Å². The van der Waals surface area contributed by atoms with Gasteiger partial charge >= 0.3 is 6.36 Å². The number of thioether (sulfide) groups is 1. The Hall–Kier alpha value is -2.52. The molecule has 1 aromatic carbocycles. The van der Waals surface area contributed by atoms with Crippen molar-refractivity contribution in [2.24, 2.45) is 0 Å². The van der Waals surface area contributed by atoms with Gasteiger partial charge in [-0.05, 0) is 61.4 Å². The number of nitrogens with zero attached hydrogens (tertiary/aromatic N) is 2. The first-order valence-electron chi connectivity index (χ1n) is 11.0. The Morgan fingerprint density at radius 3 is 2.42 bits per heavy atom. The molecular formula is C24H27F3N2O3S. The monoisotopic (exact) mass is 480 g/mol. The first-order valence-corrected chi connectivity index (χ1v) is 12.0. The first-order chi connectivity index (χ1) is 16.0. The molecule has 0 spiro atoms. The highest BCUT2D eigenvalue weighted by Gasteiger charge is 2.31. The second-order valence-corrected chi connectivity index (χ2v) is 9.05. The van der Waals surface area contributed by atoms with Crippen molar-refractivity contribution in [1.29, 1.82) is 0 Å². The predicted molar refractivity (Wildman–Crippen MR) is 121 cm³/mol. The van der Waals surface area contributed by atoms with Crippen LogP contribution in [0.15, 0.2) is 77.1 Å². The van der Waals surface area contributed by atoms with Crippen molar-refractivity contribution in [3.8, 4) is 5.75 Å². The van der Waals surface area contributed by atoms with Crippen molar-refractivity contribution >= 4 is 11.8 Å². The summed E-state index contributed by atoms with van der Waals surface area (Å²) in [6, 6.07) is 6.02. The molecule has 0 saturated carbocycles. The van der Waals surface area contributed by atoms with Crippen LogP contribution in [0.25, 0.3) is 0 Å². The van der Waals surface area contributed by atoms with Crippen molar-refractivity contribution in [3.63, 3.8) is 0 Å². The first kappa shape index (κ1) is 23.6. The number of hydrogen-bond donors (Lipinski definition) is 0. The predicted octanol–water partition coefficient (Wildman–Crippen LogP) is 5.65. The van der Waals surface area contributed by atoms with Gasteiger partial charge in [0.1, 0.15) is 12.0 Å². The second-order valence-electron chi connectivity index (χ2n) is 7.88. The van der Waals surface area contributed by atoms with E-state index in [0.717, 1.165) is 79.8 Å². The van der Waals surface area contributed by atoms with E-state index >= 15 is 0 Å². The van der Waals surface area contributed by atoms with E-state index in [1.165, 1.54) is 12.1 Å². The van der Waals surface area contributed by atoms with Gasteiger partial charge in [0.15, 0.2) is 12.0 Å². The molecule has 2 aliphatic heterocycles. The average Bonchev–Trinajstić information content (AvgIpc) is 2.83. The van der Waals surface area contributed by atoms with Crippen LogP contribution in [0.5, 0.6) is 5.75 Å². The normalized spacial score (nSPS) is 19.2. The molecule has 2 heterocycles. The molecule has 1 aromatic rings. The zero-order chi connectivity index (χ0) is 23.1. The van der Waals surface area contributed by atoms with Gasteiger partial charge in [0.2, 0.25) is 5.88 Å². The maximum atomic E-state index is 12.2. The van der Waals surface area contributed by atoms with Gasteiger partial charge in [-0.3, -0.25) is 4.90 Å². The number of rotatable bonds is 8. The van der Waals surface area contributed by atoms with E-state index in [-0.39, 0.29) is 5.75 Å². The van der Waals surface area contributed by atoms with E-state index in [0.29, 0.717) is 0 Å². The van der Waals surface area contributed by atoms with Crippen LogP contribution in [0, 0.1) is 0 Å². The van der Waals surface area contributed by atoms with Crippen LogP contribution in [0.4, 0.5) is 13.2 Å². The zero-order valence-electron chi connectivity index (χ0n) is 18.2. The summed E-state index contributed by atoms with van der Waals surface area (Å²) in [5, 5.41) is 0. The highest BCUT2D eigenvalue weighted by molar-refractivity contribution is 7.99. The van der Waals surface area contributed by atoms with Crippen LogP contribution in [0.1, 0.15) is 19.3 Å². The second kappa shape index (κ2) is 11.1. The molecule has 0 aromatic heterocycles. The van der Waals surface area contributed by atoms with Crippen LogP contribution in [-0.2, 0) is 9.47 Å². The summed E-state index contributed by atoms with van der Waals surface area (Å²) in [6.45, 7) is 4.62. The minimum absolute atomic E-state index is 0.192. The molecule has 3 aliphatic rings. The third-order valence-electron chi connectivity index (χ3n) is 5.53. The topological polar surface area (TPSA) is 34.2 Å². The maximum Gasteiger partial charge on any atom is 0.573 e. The molecule has 178 valence electrons. The number of piperazine rings is 1. The molecule has 0 radical (unpaired) electrons. The van der Waals surface area contributed by atoms with Gasteiger partial charge in [0.25, 0.3) is 0 Å². The van der Waals surface area contributed by atoms with Crippen LogP contribution in [-0.4, -0.2) is 54.6 Å². The molecule has 0 atom stereocenters. The number of halogens is 3. The molecule has 0 N–H and O–H groups in total. The average molecular weight is 481 g/mol. The van der Waals surface area contributed by atoms with Crippen molar-refractivity contribution < 1.29 is 27.4 Å². The molecule has 0 unspecified atom stereocenters. The molecule has 9 heteroatoms. The number of hydrogen-bond acceptors (Lipinski definition) is 6. The fourth-order valence-corrected chi connectivity index (χ4v) is 4.64. The molecule has 1 saturated heterocycles. The quantitative estimate of drug-likeness (QED) is 0.353. The summed E-state index contributed by atoms with van der Waals surface area (Å²) in [4.78, 5) is 5.54. The van der Waals surface area contributed by atoms with Crippen LogP contribution >= 0.6 is 11.8 Å². The van der Waals surface area contributed by atoms with Crippen LogP contribution in [0.3, 0.4) is 0 Å². The Morgan fingerprint density at radius 1 is 1.00 bits per heavy atom. The van der Waals surface area contributed by atoms with Gasteiger partial charge in [-0.2, -0.15) is 0 Å². The van der Waals surface area contributed by atoms with Crippen LogP contribution < -0.4 is 4.74 Å².